The normalized spacial score (nSPS) is 8.00. The third-order valence-electron chi connectivity index (χ3n) is 0.205. The third kappa shape index (κ3) is 9.15. The average molecular weight is 95.1 g/mol. The summed E-state index contributed by atoms with van der Waals surface area (Å²) in [4.78, 5) is 0. The van der Waals surface area contributed by atoms with Gasteiger partial charge in [-0.3, -0.25) is 0 Å². The first kappa shape index (κ1) is 9.28. The number of hydrogen-bond acceptors (Lipinski definition) is 3. The van der Waals surface area contributed by atoms with Crippen molar-refractivity contribution in [2.45, 2.75) is 0 Å². The topological polar surface area (TPSA) is 75.2 Å². The van der Waals surface area contributed by atoms with Crippen molar-refractivity contribution in [3.63, 3.8) is 0 Å². The molecule has 0 aromatic rings. The molecule has 0 aliphatic rings. The van der Waals surface area contributed by atoms with Crippen LogP contribution in [-0.2, 0) is 0 Å². The molecule has 0 saturated carbocycles. The summed E-state index contributed by atoms with van der Waals surface area (Å²) in [6, 6.07) is 0. The van der Waals surface area contributed by atoms with Gasteiger partial charge in [-0.1, -0.05) is 0 Å². The molecule has 4 nitrogen and oxygen atoms in total. The summed E-state index contributed by atoms with van der Waals surface area (Å²) in [6.07, 6.45) is 0. The Morgan fingerprint density at radius 2 is 1.83 bits per heavy atom. The van der Waals surface area contributed by atoms with Gasteiger partial charge < -0.3 is 15.8 Å². The molecule has 0 aromatic carbocycles. The SMILES string of the molecule is CN(O)CO.O. The smallest absolute Gasteiger partial charge is 0.118 e. The van der Waals surface area contributed by atoms with Gasteiger partial charge in [-0.05, 0) is 0 Å². The Morgan fingerprint density at radius 1 is 1.67 bits per heavy atom. The van der Waals surface area contributed by atoms with E-state index in [-0.39, 0.29) is 12.2 Å². The summed E-state index contributed by atoms with van der Waals surface area (Å²) in [5.74, 6) is 0. The van der Waals surface area contributed by atoms with E-state index in [0.717, 1.165) is 0 Å². The number of rotatable bonds is 1. The van der Waals surface area contributed by atoms with Gasteiger partial charge in [0.05, 0.1) is 0 Å². The summed E-state index contributed by atoms with van der Waals surface area (Å²) < 4.78 is 0. The molecule has 0 aliphatic carbocycles. The van der Waals surface area contributed by atoms with Gasteiger partial charge in [0.1, 0.15) is 6.73 Å². The number of hydrogen-bond donors (Lipinski definition) is 2. The Balaban J connectivity index is 0. The molecule has 0 unspecified atom stereocenters. The van der Waals surface area contributed by atoms with E-state index in [4.69, 9.17) is 10.3 Å². The van der Waals surface area contributed by atoms with Gasteiger partial charge in [0.15, 0.2) is 0 Å². The molecular weight excluding hydrogens is 86.0 g/mol. The predicted octanol–water partition coefficient (Wildman–Crippen LogP) is -1.57. The highest BCUT2D eigenvalue weighted by Gasteiger charge is 1.75. The van der Waals surface area contributed by atoms with E-state index in [1.807, 2.05) is 0 Å². The highest BCUT2D eigenvalue weighted by atomic mass is 16.5. The molecule has 0 spiro atoms. The van der Waals surface area contributed by atoms with Crippen LogP contribution in [0.5, 0.6) is 0 Å². The summed E-state index contributed by atoms with van der Waals surface area (Å²) in [7, 11) is 1.36. The average Bonchev–Trinajstić information content (AvgIpc) is 1.38. The summed E-state index contributed by atoms with van der Waals surface area (Å²) in [5.41, 5.74) is 0. The van der Waals surface area contributed by atoms with Gasteiger partial charge in [-0.2, -0.15) is 5.06 Å². The van der Waals surface area contributed by atoms with Gasteiger partial charge in [-0.25, -0.2) is 0 Å². The van der Waals surface area contributed by atoms with Crippen LogP contribution in [0.25, 0.3) is 0 Å². The maximum Gasteiger partial charge on any atom is 0.118 e. The van der Waals surface area contributed by atoms with Gasteiger partial charge in [-0.15, -0.1) is 0 Å². The molecule has 0 saturated heterocycles. The monoisotopic (exact) mass is 95.1 g/mol. The molecule has 0 heterocycles. The minimum Gasteiger partial charge on any atom is -0.412 e. The number of hydroxylamine groups is 2. The van der Waals surface area contributed by atoms with Gasteiger partial charge in [0.25, 0.3) is 0 Å². The second kappa shape index (κ2) is 4.84. The van der Waals surface area contributed by atoms with Crippen molar-refractivity contribution in [2.24, 2.45) is 0 Å². The highest BCUT2D eigenvalue weighted by Crippen LogP contribution is 1.58. The zero-order chi connectivity index (χ0) is 4.28. The van der Waals surface area contributed by atoms with Crippen molar-refractivity contribution in [1.29, 1.82) is 0 Å². The van der Waals surface area contributed by atoms with Gasteiger partial charge in [0, 0.05) is 7.05 Å². The third-order valence-corrected chi connectivity index (χ3v) is 0.205. The van der Waals surface area contributed by atoms with Crippen LogP contribution in [0.3, 0.4) is 0 Å². The zero-order valence-electron chi connectivity index (χ0n) is 3.55. The lowest BCUT2D eigenvalue weighted by atomic mass is 11.1. The van der Waals surface area contributed by atoms with Crippen LogP contribution >= 0.6 is 0 Å². The zero-order valence-corrected chi connectivity index (χ0v) is 3.55. The lowest BCUT2D eigenvalue weighted by Crippen LogP contribution is -2.12. The van der Waals surface area contributed by atoms with Crippen molar-refractivity contribution >= 4 is 0 Å². The van der Waals surface area contributed by atoms with Crippen molar-refractivity contribution in [3.05, 3.63) is 0 Å². The summed E-state index contributed by atoms with van der Waals surface area (Å²) in [6.45, 7) is -0.306. The van der Waals surface area contributed by atoms with E-state index in [0.29, 0.717) is 5.06 Å². The second-order valence-corrected chi connectivity index (χ2v) is 0.799. The van der Waals surface area contributed by atoms with Crippen LogP contribution < -0.4 is 0 Å². The van der Waals surface area contributed by atoms with Crippen LogP contribution in [0.1, 0.15) is 0 Å². The number of aliphatic hydroxyl groups excluding tert-OH is 1. The molecule has 4 N–H and O–H groups in total. The van der Waals surface area contributed by atoms with Crippen molar-refractivity contribution in [1.82, 2.24) is 5.06 Å². The van der Waals surface area contributed by atoms with Crippen LogP contribution in [-0.4, -0.2) is 34.6 Å². The molecule has 0 bridgehead atoms. The van der Waals surface area contributed by atoms with Crippen LogP contribution in [0.4, 0.5) is 0 Å². The molecule has 0 rings (SSSR count). The number of nitrogens with zero attached hydrogens (tertiary/aromatic N) is 1. The molecule has 0 aromatic heterocycles. The summed E-state index contributed by atoms with van der Waals surface area (Å²) >= 11 is 0. The lowest BCUT2D eigenvalue weighted by molar-refractivity contribution is -0.119. The molecule has 0 fully saturated rings. The van der Waals surface area contributed by atoms with E-state index in [1.54, 1.807) is 0 Å². The lowest BCUT2D eigenvalue weighted by Gasteiger charge is -1.97. The van der Waals surface area contributed by atoms with Crippen molar-refractivity contribution in [2.75, 3.05) is 13.8 Å². The maximum absolute atomic E-state index is 7.94. The minimum atomic E-state index is -0.306. The Labute approximate surface area is 35.9 Å². The molecule has 4 heteroatoms. The Bertz CT molecular complexity index is 22.8. The van der Waals surface area contributed by atoms with Crippen molar-refractivity contribution < 1.29 is 15.8 Å². The van der Waals surface area contributed by atoms with Crippen LogP contribution in [0, 0.1) is 0 Å². The quantitative estimate of drug-likeness (QED) is 0.305. The minimum absolute atomic E-state index is 0. The number of aliphatic hydroxyl groups is 1. The fraction of sp³-hybridized carbons (Fsp3) is 1.00. The fourth-order valence-corrected chi connectivity index (χ4v) is 0. The van der Waals surface area contributed by atoms with Crippen LogP contribution in [0.2, 0.25) is 0 Å². The van der Waals surface area contributed by atoms with E-state index in [9.17, 15) is 0 Å². The standard InChI is InChI=1S/C2H7NO2.H2O/c1-3(5)2-4;/h4-5H,2H2,1H3;1H2. The van der Waals surface area contributed by atoms with Gasteiger partial charge in [0.2, 0.25) is 0 Å². The first-order valence-corrected chi connectivity index (χ1v) is 1.28. The maximum atomic E-state index is 7.94. The van der Waals surface area contributed by atoms with Crippen LogP contribution in [0.15, 0.2) is 0 Å². The molecule has 0 radical (unpaired) electrons. The largest absolute Gasteiger partial charge is 0.412 e. The molecule has 0 amide bonds. The van der Waals surface area contributed by atoms with E-state index in [1.165, 1.54) is 7.05 Å². The highest BCUT2D eigenvalue weighted by molar-refractivity contribution is 4.01. The molecule has 0 atom stereocenters. The van der Waals surface area contributed by atoms with E-state index < -0.39 is 0 Å². The summed E-state index contributed by atoms with van der Waals surface area (Å²) in [5, 5.41) is 16.4. The second-order valence-electron chi connectivity index (χ2n) is 0.799. The first-order chi connectivity index (χ1) is 2.27. The molecule has 0 aliphatic heterocycles. The van der Waals surface area contributed by atoms with Crippen molar-refractivity contribution in [3.8, 4) is 0 Å². The van der Waals surface area contributed by atoms with Gasteiger partial charge >= 0.3 is 0 Å². The molecular formula is C2H9NO3. The van der Waals surface area contributed by atoms with E-state index >= 15 is 0 Å². The Hall–Kier alpha value is -0.160. The Morgan fingerprint density at radius 3 is 1.83 bits per heavy atom. The fourth-order valence-electron chi connectivity index (χ4n) is 0. The Kier molecular flexibility index (Phi) is 7.48. The molecule has 6 heavy (non-hydrogen) atoms. The van der Waals surface area contributed by atoms with E-state index in [2.05, 4.69) is 0 Å². The first-order valence-electron chi connectivity index (χ1n) is 1.28. The molecule has 40 valence electrons. The predicted molar refractivity (Wildman–Crippen MR) is 20.2 cm³/mol.